The maximum absolute atomic E-state index is 3.78. The van der Waals surface area contributed by atoms with Crippen LogP contribution < -0.4 is 5.32 Å². The minimum absolute atomic E-state index is 0.367. The first-order valence-corrected chi connectivity index (χ1v) is 3.85. The zero-order chi connectivity index (χ0) is 7.68. The van der Waals surface area contributed by atoms with Gasteiger partial charge >= 0.3 is 0 Å². The molecule has 1 N–H and O–H groups in total. The van der Waals surface area contributed by atoms with Gasteiger partial charge in [0.15, 0.2) is 0 Å². The van der Waals surface area contributed by atoms with Crippen molar-refractivity contribution in [3.05, 3.63) is 48.0 Å². The van der Waals surface area contributed by atoms with E-state index in [4.69, 9.17) is 0 Å². The molecule has 0 bridgehead atoms. The predicted octanol–water partition coefficient (Wildman–Crippen LogP) is 2.02. The lowest BCUT2D eigenvalue weighted by Gasteiger charge is -2.03. The number of fused-ring (bicyclic) bond motifs is 1. The smallest absolute Gasteiger partial charge is 0.0509 e. The molecule has 1 heteroatoms. The van der Waals surface area contributed by atoms with Crippen LogP contribution in [0.25, 0.3) is 0 Å². The summed E-state index contributed by atoms with van der Waals surface area (Å²) in [5.74, 6) is 0. The molecule has 56 valence electrons. The van der Waals surface area contributed by atoms with Gasteiger partial charge in [0, 0.05) is 6.54 Å². The lowest BCUT2D eigenvalue weighted by molar-refractivity contribution is 0.687. The first-order valence-electron chi connectivity index (χ1n) is 3.85. The van der Waals surface area contributed by atoms with Gasteiger partial charge in [-0.2, -0.15) is 0 Å². The molecule has 0 radical (unpaired) electrons. The van der Waals surface area contributed by atoms with Crippen LogP contribution >= 0.6 is 0 Å². The van der Waals surface area contributed by atoms with Crippen LogP contribution in [0.5, 0.6) is 0 Å². The third kappa shape index (κ3) is 0.976. The molecule has 1 atom stereocenters. The van der Waals surface area contributed by atoms with Gasteiger partial charge in [-0.15, -0.1) is 6.58 Å². The summed E-state index contributed by atoms with van der Waals surface area (Å²) in [4.78, 5) is 0. The summed E-state index contributed by atoms with van der Waals surface area (Å²) in [6, 6.07) is 8.83. The second-order valence-corrected chi connectivity index (χ2v) is 2.79. The Morgan fingerprint density at radius 1 is 1.45 bits per heavy atom. The summed E-state index contributed by atoms with van der Waals surface area (Å²) < 4.78 is 0. The Morgan fingerprint density at radius 3 is 3.09 bits per heavy atom. The molecule has 1 heterocycles. The van der Waals surface area contributed by atoms with E-state index in [-0.39, 0.29) is 0 Å². The lowest BCUT2D eigenvalue weighted by Crippen LogP contribution is -2.08. The summed E-state index contributed by atoms with van der Waals surface area (Å²) in [6.45, 7) is 4.76. The molecule has 1 aromatic rings. The van der Waals surface area contributed by atoms with E-state index in [0.29, 0.717) is 6.04 Å². The molecule has 0 aliphatic carbocycles. The molecule has 11 heavy (non-hydrogen) atoms. The van der Waals surface area contributed by atoms with Crippen molar-refractivity contribution < 1.29 is 0 Å². The van der Waals surface area contributed by atoms with Gasteiger partial charge < -0.3 is 5.32 Å². The Morgan fingerprint density at radius 2 is 2.27 bits per heavy atom. The fraction of sp³-hybridized carbons (Fsp3) is 0.200. The number of hydrogen-bond acceptors (Lipinski definition) is 1. The summed E-state index contributed by atoms with van der Waals surface area (Å²) >= 11 is 0. The van der Waals surface area contributed by atoms with Crippen molar-refractivity contribution in [1.82, 2.24) is 5.32 Å². The van der Waals surface area contributed by atoms with E-state index in [9.17, 15) is 0 Å². The van der Waals surface area contributed by atoms with E-state index in [0.717, 1.165) is 6.54 Å². The number of nitrogens with one attached hydrogen (secondary N) is 1. The van der Waals surface area contributed by atoms with Gasteiger partial charge in [-0.3, -0.25) is 0 Å². The average Bonchev–Trinajstić information content (AvgIpc) is 2.47. The quantitative estimate of drug-likeness (QED) is 0.596. The van der Waals surface area contributed by atoms with Crippen LogP contribution in [0.3, 0.4) is 0 Å². The minimum Gasteiger partial charge on any atom is -0.303 e. The standard InChI is InChI=1S/C10H11N/c1-2-10-9-6-4-3-5-8(9)7-11-10/h2-6,10-11H,1,7H2. The van der Waals surface area contributed by atoms with Crippen LogP contribution in [0.1, 0.15) is 17.2 Å². The number of hydrogen-bond donors (Lipinski definition) is 1. The van der Waals surface area contributed by atoms with Crippen molar-refractivity contribution in [2.75, 3.05) is 0 Å². The van der Waals surface area contributed by atoms with E-state index in [1.807, 2.05) is 6.08 Å². The molecule has 1 aliphatic heterocycles. The molecule has 1 nitrogen and oxygen atoms in total. The molecule has 0 spiro atoms. The van der Waals surface area contributed by atoms with Gasteiger partial charge in [-0.05, 0) is 11.1 Å². The van der Waals surface area contributed by atoms with E-state index < -0.39 is 0 Å². The normalized spacial score (nSPS) is 21.3. The Hall–Kier alpha value is -1.08. The van der Waals surface area contributed by atoms with Crippen molar-refractivity contribution >= 4 is 0 Å². The molecule has 0 amide bonds. The third-order valence-corrected chi connectivity index (χ3v) is 2.14. The van der Waals surface area contributed by atoms with Gasteiger partial charge in [0.05, 0.1) is 6.04 Å². The molecule has 0 fully saturated rings. The SMILES string of the molecule is C=CC1NCc2ccccc21. The molecule has 1 unspecified atom stereocenters. The molecule has 0 aromatic heterocycles. The molecule has 0 saturated heterocycles. The third-order valence-electron chi connectivity index (χ3n) is 2.14. The topological polar surface area (TPSA) is 12.0 Å². The van der Waals surface area contributed by atoms with Crippen LogP contribution in [0.15, 0.2) is 36.9 Å². The Bertz CT molecular complexity index is 278. The van der Waals surface area contributed by atoms with Gasteiger partial charge in [-0.25, -0.2) is 0 Å². The van der Waals surface area contributed by atoms with Gasteiger partial charge in [0.1, 0.15) is 0 Å². The Balaban J connectivity index is 2.46. The highest BCUT2D eigenvalue weighted by Crippen LogP contribution is 2.24. The van der Waals surface area contributed by atoms with Crippen LogP contribution in [0.2, 0.25) is 0 Å². The molecular weight excluding hydrogens is 134 g/mol. The highest BCUT2D eigenvalue weighted by Gasteiger charge is 2.16. The predicted molar refractivity (Wildman–Crippen MR) is 46.2 cm³/mol. The van der Waals surface area contributed by atoms with E-state index in [1.54, 1.807) is 0 Å². The molecule has 0 saturated carbocycles. The van der Waals surface area contributed by atoms with Gasteiger partial charge in [0.2, 0.25) is 0 Å². The van der Waals surface area contributed by atoms with Crippen molar-refractivity contribution in [3.63, 3.8) is 0 Å². The Kier molecular flexibility index (Phi) is 1.51. The van der Waals surface area contributed by atoms with E-state index >= 15 is 0 Å². The molecular formula is C10H11N. The number of benzene rings is 1. The highest BCUT2D eigenvalue weighted by molar-refractivity contribution is 5.35. The lowest BCUT2D eigenvalue weighted by atomic mass is 10.1. The van der Waals surface area contributed by atoms with Crippen molar-refractivity contribution in [2.24, 2.45) is 0 Å². The highest BCUT2D eigenvalue weighted by atomic mass is 14.9. The molecule has 2 rings (SSSR count). The zero-order valence-electron chi connectivity index (χ0n) is 6.38. The van der Waals surface area contributed by atoms with E-state index in [1.165, 1.54) is 11.1 Å². The first kappa shape index (κ1) is 6.62. The van der Waals surface area contributed by atoms with Crippen LogP contribution in [0.4, 0.5) is 0 Å². The fourth-order valence-corrected chi connectivity index (χ4v) is 1.54. The maximum atomic E-state index is 3.78. The summed E-state index contributed by atoms with van der Waals surface area (Å²) in [7, 11) is 0. The summed E-state index contributed by atoms with van der Waals surface area (Å²) in [6.07, 6.45) is 1.95. The van der Waals surface area contributed by atoms with Crippen molar-refractivity contribution in [1.29, 1.82) is 0 Å². The second-order valence-electron chi connectivity index (χ2n) is 2.79. The van der Waals surface area contributed by atoms with Gasteiger partial charge in [-0.1, -0.05) is 30.3 Å². The van der Waals surface area contributed by atoms with Crippen LogP contribution in [0, 0.1) is 0 Å². The largest absolute Gasteiger partial charge is 0.303 e. The molecule has 1 aliphatic rings. The monoisotopic (exact) mass is 145 g/mol. The zero-order valence-corrected chi connectivity index (χ0v) is 6.38. The van der Waals surface area contributed by atoms with E-state index in [2.05, 4.69) is 36.2 Å². The molecule has 1 aromatic carbocycles. The fourth-order valence-electron chi connectivity index (χ4n) is 1.54. The minimum atomic E-state index is 0.367. The first-order chi connectivity index (χ1) is 5.42. The summed E-state index contributed by atoms with van der Waals surface area (Å²) in [5.41, 5.74) is 2.78. The Labute approximate surface area is 66.7 Å². The number of rotatable bonds is 1. The van der Waals surface area contributed by atoms with Crippen LogP contribution in [-0.4, -0.2) is 0 Å². The van der Waals surface area contributed by atoms with Crippen LogP contribution in [-0.2, 0) is 6.54 Å². The van der Waals surface area contributed by atoms with Crippen molar-refractivity contribution in [3.8, 4) is 0 Å². The average molecular weight is 145 g/mol. The van der Waals surface area contributed by atoms with Crippen molar-refractivity contribution in [2.45, 2.75) is 12.6 Å². The maximum Gasteiger partial charge on any atom is 0.0509 e. The second kappa shape index (κ2) is 2.51. The summed E-state index contributed by atoms with van der Waals surface area (Å²) in [5, 5.41) is 3.35. The van der Waals surface area contributed by atoms with Gasteiger partial charge in [0.25, 0.3) is 0 Å².